The van der Waals surface area contributed by atoms with Gasteiger partial charge < -0.3 is 20.7 Å². The third-order valence-corrected chi connectivity index (χ3v) is 4.70. The van der Waals surface area contributed by atoms with E-state index in [1.165, 1.54) is 7.11 Å². The van der Waals surface area contributed by atoms with E-state index in [0.717, 1.165) is 18.1 Å². The van der Waals surface area contributed by atoms with Crippen molar-refractivity contribution >= 4 is 35.0 Å². The molecule has 126 valence electrons. The molecule has 1 aromatic carbocycles. The Bertz CT molecular complexity index is 547. The molecule has 6 nitrogen and oxygen atoms in total. The molecule has 0 saturated carbocycles. The van der Waals surface area contributed by atoms with Crippen LogP contribution in [0, 0.1) is 0 Å². The molecule has 0 bridgehead atoms. The summed E-state index contributed by atoms with van der Waals surface area (Å²) in [5, 5.41) is 8.97. The maximum Gasteiger partial charge on any atom is 0.253 e. The summed E-state index contributed by atoms with van der Waals surface area (Å²) in [6, 6.07) is 7.32. The first-order valence-electron chi connectivity index (χ1n) is 7.63. The molecule has 1 fully saturated rings. The van der Waals surface area contributed by atoms with E-state index in [4.69, 9.17) is 4.74 Å². The molecule has 2 amide bonds. The second-order valence-electron chi connectivity index (χ2n) is 5.43. The fourth-order valence-corrected chi connectivity index (χ4v) is 3.16. The van der Waals surface area contributed by atoms with Crippen LogP contribution < -0.4 is 16.0 Å². The van der Waals surface area contributed by atoms with Gasteiger partial charge in [0.15, 0.2) is 0 Å². The van der Waals surface area contributed by atoms with Gasteiger partial charge in [-0.3, -0.25) is 9.59 Å². The maximum atomic E-state index is 12.1. The van der Waals surface area contributed by atoms with Gasteiger partial charge in [0.1, 0.15) is 6.10 Å². The number of carbonyl (C=O) groups excluding carboxylic acids is 2. The summed E-state index contributed by atoms with van der Waals surface area (Å²) in [4.78, 5) is 23.9. The molecule has 23 heavy (non-hydrogen) atoms. The maximum absolute atomic E-state index is 12.1. The fourth-order valence-electron chi connectivity index (χ4n) is 2.21. The van der Waals surface area contributed by atoms with E-state index in [1.54, 1.807) is 31.2 Å². The van der Waals surface area contributed by atoms with Crippen molar-refractivity contribution in [1.29, 1.82) is 0 Å². The van der Waals surface area contributed by atoms with E-state index in [-0.39, 0.29) is 17.9 Å². The van der Waals surface area contributed by atoms with Crippen LogP contribution in [0.1, 0.15) is 13.3 Å². The summed E-state index contributed by atoms with van der Waals surface area (Å²) < 4.78 is 4.97. The Morgan fingerprint density at radius 2 is 2.13 bits per heavy atom. The number of hydrogen-bond acceptors (Lipinski definition) is 5. The molecule has 2 unspecified atom stereocenters. The molecular formula is C16H23N3O3S. The number of anilines is 2. The van der Waals surface area contributed by atoms with Gasteiger partial charge in [0.2, 0.25) is 5.91 Å². The van der Waals surface area contributed by atoms with Crippen molar-refractivity contribution in [1.82, 2.24) is 5.32 Å². The predicted molar refractivity (Wildman–Crippen MR) is 93.9 cm³/mol. The number of methoxy groups -OCH3 is 1. The lowest BCUT2D eigenvalue weighted by atomic mass is 10.2. The standard InChI is InChI=1S/C16H23N3O3S/c1-11(22-2)16(21)19-13-5-3-4-12(8-13)18-15(20)9-14-10-23-7-6-17-14/h3-5,8,11,14,17H,6-7,9-10H2,1-2H3,(H,18,20)(H,19,21). The number of amides is 2. The molecule has 3 N–H and O–H groups in total. The summed E-state index contributed by atoms with van der Waals surface area (Å²) >= 11 is 1.86. The highest BCUT2D eigenvalue weighted by atomic mass is 32.2. The van der Waals surface area contributed by atoms with Crippen LogP contribution in [0.25, 0.3) is 0 Å². The van der Waals surface area contributed by atoms with Gasteiger partial charge in [0, 0.05) is 49.0 Å². The van der Waals surface area contributed by atoms with E-state index in [1.807, 2.05) is 11.8 Å². The zero-order valence-electron chi connectivity index (χ0n) is 13.4. The minimum absolute atomic E-state index is 0.0289. The lowest BCUT2D eigenvalue weighted by molar-refractivity contribution is -0.124. The molecule has 0 aliphatic carbocycles. The largest absolute Gasteiger partial charge is 0.372 e. The predicted octanol–water partition coefficient (Wildman–Crippen LogP) is 1.69. The summed E-state index contributed by atoms with van der Waals surface area (Å²) in [6.45, 7) is 2.62. The first kappa shape index (κ1) is 17.8. The van der Waals surface area contributed by atoms with Crippen LogP contribution in [0.5, 0.6) is 0 Å². The zero-order valence-corrected chi connectivity index (χ0v) is 14.2. The lowest BCUT2D eigenvalue weighted by Gasteiger charge is -2.22. The first-order chi connectivity index (χ1) is 11.1. The Morgan fingerprint density at radius 3 is 2.78 bits per heavy atom. The lowest BCUT2D eigenvalue weighted by Crippen LogP contribution is -2.39. The molecule has 1 aliphatic rings. The molecular weight excluding hydrogens is 314 g/mol. The van der Waals surface area contributed by atoms with E-state index < -0.39 is 6.10 Å². The summed E-state index contributed by atoms with van der Waals surface area (Å²) in [6.07, 6.45) is -0.0762. The van der Waals surface area contributed by atoms with E-state index in [2.05, 4.69) is 16.0 Å². The molecule has 1 aromatic rings. The topological polar surface area (TPSA) is 79.5 Å². The average molecular weight is 337 g/mol. The smallest absolute Gasteiger partial charge is 0.253 e. The quantitative estimate of drug-likeness (QED) is 0.736. The number of ether oxygens (including phenoxy) is 1. The van der Waals surface area contributed by atoms with Crippen LogP contribution in [0.15, 0.2) is 24.3 Å². The third-order valence-electron chi connectivity index (χ3n) is 3.57. The highest BCUT2D eigenvalue weighted by Crippen LogP contribution is 2.17. The van der Waals surface area contributed by atoms with Crippen LogP contribution in [0.4, 0.5) is 11.4 Å². The number of hydrogen-bond donors (Lipinski definition) is 3. The van der Waals surface area contributed by atoms with Crippen molar-refractivity contribution in [3.05, 3.63) is 24.3 Å². The first-order valence-corrected chi connectivity index (χ1v) is 8.78. The SMILES string of the molecule is COC(C)C(=O)Nc1cccc(NC(=O)CC2CSCCN2)c1. The zero-order chi connectivity index (χ0) is 16.7. The minimum Gasteiger partial charge on any atom is -0.372 e. The molecule has 0 aromatic heterocycles. The van der Waals surface area contributed by atoms with Gasteiger partial charge in [0.05, 0.1) is 0 Å². The Hall–Kier alpha value is -1.57. The van der Waals surface area contributed by atoms with Crippen molar-refractivity contribution in [2.24, 2.45) is 0 Å². The van der Waals surface area contributed by atoms with Crippen LogP contribution >= 0.6 is 11.8 Å². The molecule has 1 aliphatic heterocycles. The molecule has 2 rings (SSSR count). The van der Waals surface area contributed by atoms with E-state index >= 15 is 0 Å². The molecule has 1 saturated heterocycles. The number of nitrogens with one attached hydrogen (secondary N) is 3. The number of thioether (sulfide) groups is 1. The second kappa shape index (κ2) is 8.90. The van der Waals surface area contributed by atoms with Crippen LogP contribution in [-0.4, -0.2) is 49.1 Å². The molecule has 0 radical (unpaired) electrons. The molecule has 2 atom stereocenters. The minimum atomic E-state index is -0.525. The van der Waals surface area contributed by atoms with Gasteiger partial charge in [-0.05, 0) is 25.1 Å². The number of benzene rings is 1. The van der Waals surface area contributed by atoms with Crippen molar-refractivity contribution in [2.45, 2.75) is 25.5 Å². The van der Waals surface area contributed by atoms with Crippen molar-refractivity contribution in [2.75, 3.05) is 35.8 Å². The number of rotatable bonds is 6. The monoisotopic (exact) mass is 337 g/mol. The Kier molecular flexibility index (Phi) is 6.88. The Morgan fingerprint density at radius 1 is 1.39 bits per heavy atom. The van der Waals surface area contributed by atoms with Gasteiger partial charge in [-0.2, -0.15) is 11.8 Å². The Balaban J connectivity index is 1.88. The number of carbonyl (C=O) groups is 2. The van der Waals surface area contributed by atoms with E-state index in [9.17, 15) is 9.59 Å². The molecule has 1 heterocycles. The third kappa shape index (κ3) is 5.85. The Labute approximate surface area is 140 Å². The van der Waals surface area contributed by atoms with Crippen molar-refractivity contribution in [3.8, 4) is 0 Å². The highest BCUT2D eigenvalue weighted by Gasteiger charge is 2.17. The van der Waals surface area contributed by atoms with Gasteiger partial charge in [-0.1, -0.05) is 6.07 Å². The van der Waals surface area contributed by atoms with Crippen LogP contribution in [0.2, 0.25) is 0 Å². The molecule has 7 heteroatoms. The van der Waals surface area contributed by atoms with Gasteiger partial charge in [0.25, 0.3) is 5.91 Å². The highest BCUT2D eigenvalue weighted by molar-refractivity contribution is 7.99. The summed E-state index contributed by atoms with van der Waals surface area (Å²) in [5.41, 5.74) is 1.30. The summed E-state index contributed by atoms with van der Waals surface area (Å²) in [5.74, 6) is 1.80. The molecule has 0 spiro atoms. The normalized spacial score (nSPS) is 19.0. The second-order valence-corrected chi connectivity index (χ2v) is 6.58. The van der Waals surface area contributed by atoms with Gasteiger partial charge in [-0.15, -0.1) is 0 Å². The van der Waals surface area contributed by atoms with Crippen molar-refractivity contribution in [3.63, 3.8) is 0 Å². The van der Waals surface area contributed by atoms with Crippen molar-refractivity contribution < 1.29 is 14.3 Å². The summed E-state index contributed by atoms with van der Waals surface area (Å²) in [7, 11) is 1.48. The average Bonchev–Trinajstić information content (AvgIpc) is 2.55. The van der Waals surface area contributed by atoms with Crippen LogP contribution in [-0.2, 0) is 14.3 Å². The van der Waals surface area contributed by atoms with E-state index in [0.29, 0.717) is 17.8 Å². The van der Waals surface area contributed by atoms with Gasteiger partial charge >= 0.3 is 0 Å². The van der Waals surface area contributed by atoms with Gasteiger partial charge in [-0.25, -0.2) is 0 Å². The fraction of sp³-hybridized carbons (Fsp3) is 0.500. The van der Waals surface area contributed by atoms with Crippen LogP contribution in [0.3, 0.4) is 0 Å².